The van der Waals surface area contributed by atoms with Gasteiger partial charge in [0, 0.05) is 6.92 Å². The Kier molecular flexibility index (Phi) is 4.12. The molecule has 1 rings (SSSR count). The number of aromatic carboxylic acids is 1. The number of nitrogens with one attached hydrogen (secondary N) is 1. The Bertz CT molecular complexity index is 511. The van der Waals surface area contributed by atoms with E-state index in [-0.39, 0.29) is 23.8 Å². The Morgan fingerprint density at radius 2 is 2.12 bits per heavy atom. The van der Waals surface area contributed by atoms with Crippen molar-refractivity contribution in [2.75, 3.05) is 6.54 Å². The molecule has 0 saturated carbocycles. The van der Waals surface area contributed by atoms with E-state index in [4.69, 9.17) is 5.11 Å². The van der Waals surface area contributed by atoms with E-state index in [1.165, 1.54) is 19.1 Å². The fourth-order valence-corrected chi connectivity index (χ4v) is 1.08. The monoisotopic (exact) mass is 233 g/mol. The SMILES string of the molecule is CC(=O)NCC#Cc1ccc(C(=O)O)cc1O. The first-order valence-electron chi connectivity index (χ1n) is 4.80. The van der Waals surface area contributed by atoms with E-state index in [1.807, 2.05) is 0 Å². The van der Waals surface area contributed by atoms with Crippen LogP contribution in [0.15, 0.2) is 18.2 Å². The van der Waals surface area contributed by atoms with Crippen LogP contribution >= 0.6 is 0 Å². The summed E-state index contributed by atoms with van der Waals surface area (Å²) in [7, 11) is 0. The molecular formula is C12H11NO4. The lowest BCUT2D eigenvalue weighted by molar-refractivity contribution is -0.118. The second kappa shape index (κ2) is 5.56. The van der Waals surface area contributed by atoms with Crippen molar-refractivity contribution in [3.63, 3.8) is 0 Å². The Morgan fingerprint density at radius 1 is 1.41 bits per heavy atom. The predicted molar refractivity (Wildman–Crippen MR) is 60.6 cm³/mol. The number of rotatable bonds is 2. The van der Waals surface area contributed by atoms with Crippen molar-refractivity contribution in [3.8, 4) is 17.6 Å². The van der Waals surface area contributed by atoms with Crippen LogP contribution in [0.25, 0.3) is 0 Å². The number of carbonyl (C=O) groups is 2. The first-order chi connectivity index (χ1) is 8.00. The Morgan fingerprint density at radius 3 is 2.65 bits per heavy atom. The standard InChI is InChI=1S/C12H11NO4/c1-8(14)13-6-2-3-9-4-5-10(12(16)17)7-11(9)15/h4-5,7,15H,6H2,1H3,(H,13,14)(H,16,17). The normalized spacial score (nSPS) is 9.00. The lowest BCUT2D eigenvalue weighted by Gasteiger charge is -1.98. The van der Waals surface area contributed by atoms with Gasteiger partial charge in [-0.25, -0.2) is 4.79 Å². The molecule has 3 N–H and O–H groups in total. The van der Waals surface area contributed by atoms with Gasteiger partial charge in [0.05, 0.1) is 17.7 Å². The molecule has 5 nitrogen and oxygen atoms in total. The minimum Gasteiger partial charge on any atom is -0.507 e. The van der Waals surface area contributed by atoms with Gasteiger partial charge >= 0.3 is 5.97 Å². The lowest BCUT2D eigenvalue weighted by Crippen LogP contribution is -2.19. The van der Waals surface area contributed by atoms with Crippen LogP contribution in [0, 0.1) is 11.8 Å². The maximum absolute atomic E-state index is 10.6. The van der Waals surface area contributed by atoms with Crippen molar-refractivity contribution in [2.24, 2.45) is 0 Å². The van der Waals surface area contributed by atoms with E-state index in [1.54, 1.807) is 0 Å². The summed E-state index contributed by atoms with van der Waals surface area (Å²) >= 11 is 0. The molecule has 0 aromatic heterocycles. The summed E-state index contributed by atoms with van der Waals surface area (Å²) in [6.07, 6.45) is 0. The average Bonchev–Trinajstić information content (AvgIpc) is 2.25. The zero-order valence-electron chi connectivity index (χ0n) is 9.15. The Labute approximate surface area is 98.1 Å². The van der Waals surface area contributed by atoms with Crippen LogP contribution in [-0.4, -0.2) is 28.6 Å². The number of phenols is 1. The van der Waals surface area contributed by atoms with Crippen LogP contribution in [0.4, 0.5) is 0 Å². The Balaban J connectivity index is 2.79. The first-order valence-corrected chi connectivity index (χ1v) is 4.80. The average molecular weight is 233 g/mol. The van der Waals surface area contributed by atoms with Crippen molar-refractivity contribution >= 4 is 11.9 Å². The highest BCUT2D eigenvalue weighted by molar-refractivity contribution is 5.88. The number of amides is 1. The molecule has 0 atom stereocenters. The smallest absolute Gasteiger partial charge is 0.335 e. The highest BCUT2D eigenvalue weighted by Crippen LogP contribution is 2.17. The summed E-state index contributed by atoms with van der Waals surface area (Å²) in [6.45, 7) is 1.55. The van der Waals surface area contributed by atoms with Gasteiger partial charge in [0.1, 0.15) is 5.75 Å². The van der Waals surface area contributed by atoms with Crippen molar-refractivity contribution in [1.29, 1.82) is 0 Å². The third kappa shape index (κ3) is 3.87. The fourth-order valence-electron chi connectivity index (χ4n) is 1.08. The van der Waals surface area contributed by atoms with Gasteiger partial charge in [-0.3, -0.25) is 4.79 Å². The van der Waals surface area contributed by atoms with Crippen LogP contribution in [-0.2, 0) is 4.79 Å². The number of carboxylic acids is 1. The van der Waals surface area contributed by atoms with Gasteiger partial charge in [-0.2, -0.15) is 0 Å². The first kappa shape index (κ1) is 12.6. The molecule has 0 fully saturated rings. The zero-order chi connectivity index (χ0) is 12.8. The van der Waals surface area contributed by atoms with Gasteiger partial charge in [0.2, 0.25) is 5.91 Å². The largest absolute Gasteiger partial charge is 0.507 e. The number of hydrogen-bond acceptors (Lipinski definition) is 3. The molecule has 88 valence electrons. The number of carboxylic acid groups (broad SMARTS) is 1. The second-order valence-corrected chi connectivity index (χ2v) is 3.25. The van der Waals surface area contributed by atoms with Crippen LogP contribution in [0.1, 0.15) is 22.8 Å². The molecule has 17 heavy (non-hydrogen) atoms. The van der Waals surface area contributed by atoms with Gasteiger partial charge in [-0.15, -0.1) is 0 Å². The van der Waals surface area contributed by atoms with E-state index >= 15 is 0 Å². The molecule has 1 amide bonds. The predicted octanol–water partition coefficient (Wildman–Crippen LogP) is 0.578. The second-order valence-electron chi connectivity index (χ2n) is 3.25. The summed E-state index contributed by atoms with van der Waals surface area (Å²) in [5.74, 6) is 3.76. The lowest BCUT2D eigenvalue weighted by atomic mass is 10.1. The number of benzene rings is 1. The number of carbonyl (C=O) groups excluding carboxylic acids is 1. The number of phenolic OH excluding ortho intramolecular Hbond substituents is 1. The molecule has 0 aliphatic carbocycles. The van der Waals surface area contributed by atoms with Gasteiger partial charge in [-0.05, 0) is 18.2 Å². The number of hydrogen-bond donors (Lipinski definition) is 3. The topological polar surface area (TPSA) is 86.6 Å². The van der Waals surface area contributed by atoms with Crippen LogP contribution in [0.3, 0.4) is 0 Å². The van der Waals surface area contributed by atoms with E-state index in [9.17, 15) is 14.7 Å². The van der Waals surface area contributed by atoms with Crippen LogP contribution < -0.4 is 5.32 Å². The van der Waals surface area contributed by atoms with E-state index in [0.717, 1.165) is 6.07 Å². The minimum atomic E-state index is -1.11. The molecule has 0 unspecified atom stereocenters. The van der Waals surface area contributed by atoms with Crippen molar-refractivity contribution in [3.05, 3.63) is 29.3 Å². The maximum Gasteiger partial charge on any atom is 0.335 e. The molecule has 5 heteroatoms. The quantitative estimate of drug-likeness (QED) is 0.652. The zero-order valence-corrected chi connectivity index (χ0v) is 9.15. The fraction of sp³-hybridized carbons (Fsp3) is 0.167. The summed E-state index contributed by atoms with van der Waals surface area (Å²) in [4.78, 5) is 21.2. The third-order valence-electron chi connectivity index (χ3n) is 1.89. The summed E-state index contributed by atoms with van der Waals surface area (Å²) < 4.78 is 0. The highest BCUT2D eigenvalue weighted by Gasteiger charge is 2.05. The van der Waals surface area contributed by atoms with Gasteiger partial charge in [-0.1, -0.05) is 11.8 Å². The Hall–Kier alpha value is -2.48. The van der Waals surface area contributed by atoms with E-state index < -0.39 is 5.97 Å². The molecular weight excluding hydrogens is 222 g/mol. The van der Waals surface area contributed by atoms with Crippen molar-refractivity contribution in [1.82, 2.24) is 5.32 Å². The summed E-state index contributed by atoms with van der Waals surface area (Å²) in [5, 5.41) is 20.7. The molecule has 0 aliphatic rings. The molecule has 0 bridgehead atoms. The highest BCUT2D eigenvalue weighted by atomic mass is 16.4. The molecule has 0 aliphatic heterocycles. The van der Waals surface area contributed by atoms with E-state index in [2.05, 4.69) is 17.2 Å². The molecule has 0 spiro atoms. The summed E-state index contributed by atoms with van der Waals surface area (Å²) in [6, 6.07) is 3.90. The summed E-state index contributed by atoms with van der Waals surface area (Å²) in [5.41, 5.74) is 0.315. The van der Waals surface area contributed by atoms with Crippen LogP contribution in [0.5, 0.6) is 5.75 Å². The molecule has 1 aromatic carbocycles. The molecule has 0 heterocycles. The van der Waals surface area contributed by atoms with Crippen molar-refractivity contribution in [2.45, 2.75) is 6.92 Å². The molecule has 0 saturated heterocycles. The van der Waals surface area contributed by atoms with Gasteiger partial charge < -0.3 is 15.5 Å². The maximum atomic E-state index is 10.6. The van der Waals surface area contributed by atoms with E-state index in [0.29, 0.717) is 5.56 Å². The van der Waals surface area contributed by atoms with Gasteiger partial charge in [0.25, 0.3) is 0 Å². The van der Waals surface area contributed by atoms with Crippen molar-refractivity contribution < 1.29 is 19.8 Å². The molecule has 0 radical (unpaired) electrons. The van der Waals surface area contributed by atoms with Crippen LogP contribution in [0.2, 0.25) is 0 Å². The number of aromatic hydroxyl groups is 1. The molecule has 1 aromatic rings. The third-order valence-corrected chi connectivity index (χ3v) is 1.89. The minimum absolute atomic E-state index is 0.00471. The van der Waals surface area contributed by atoms with Gasteiger partial charge in [0.15, 0.2) is 0 Å².